The summed E-state index contributed by atoms with van der Waals surface area (Å²) in [7, 11) is 0. The zero-order valence-corrected chi connectivity index (χ0v) is 14.3. The van der Waals surface area contributed by atoms with Crippen molar-refractivity contribution in [2.75, 3.05) is 0 Å². The third-order valence-electron chi connectivity index (χ3n) is 3.97. The lowest BCUT2D eigenvalue weighted by Crippen LogP contribution is -2.36. The van der Waals surface area contributed by atoms with E-state index < -0.39 is 5.97 Å². The van der Waals surface area contributed by atoms with Gasteiger partial charge >= 0.3 is 5.97 Å². The van der Waals surface area contributed by atoms with Crippen LogP contribution in [0.2, 0.25) is 0 Å². The molecule has 24 heavy (non-hydrogen) atoms. The summed E-state index contributed by atoms with van der Waals surface area (Å²) in [6, 6.07) is 14.4. The predicted molar refractivity (Wildman–Crippen MR) is 94.0 cm³/mol. The minimum absolute atomic E-state index is 0.113. The van der Waals surface area contributed by atoms with Crippen LogP contribution in [0.25, 0.3) is 0 Å². The van der Waals surface area contributed by atoms with Gasteiger partial charge in [0, 0.05) is 16.8 Å². The van der Waals surface area contributed by atoms with E-state index in [2.05, 4.69) is 26.5 Å². The minimum atomic E-state index is -0.957. The molecule has 1 aliphatic rings. The van der Waals surface area contributed by atoms with Crippen LogP contribution in [0.15, 0.2) is 58.1 Å². The number of hydrogen-bond donors (Lipinski definition) is 2. The molecule has 0 bridgehead atoms. The van der Waals surface area contributed by atoms with Gasteiger partial charge in [0.1, 0.15) is 0 Å². The molecule has 2 aromatic rings. The summed E-state index contributed by atoms with van der Waals surface area (Å²) in [6.45, 7) is 0. The van der Waals surface area contributed by atoms with E-state index in [9.17, 15) is 9.59 Å². The van der Waals surface area contributed by atoms with Crippen molar-refractivity contribution in [3.63, 3.8) is 0 Å². The SMILES string of the molecule is O=C(O)c1ccc(CC2CC(c3ccc(Br)cc3)=NNC2=O)cc1. The van der Waals surface area contributed by atoms with E-state index in [1.54, 1.807) is 24.3 Å². The van der Waals surface area contributed by atoms with Crippen molar-refractivity contribution < 1.29 is 14.7 Å². The molecule has 1 aliphatic heterocycles. The van der Waals surface area contributed by atoms with Gasteiger partial charge in [-0.1, -0.05) is 40.2 Å². The van der Waals surface area contributed by atoms with Crippen molar-refractivity contribution in [2.24, 2.45) is 11.0 Å². The minimum Gasteiger partial charge on any atom is -0.478 e. The second-order valence-corrected chi connectivity index (χ2v) is 6.56. The van der Waals surface area contributed by atoms with E-state index in [0.29, 0.717) is 12.8 Å². The van der Waals surface area contributed by atoms with Crippen LogP contribution in [0.4, 0.5) is 0 Å². The molecule has 6 heteroatoms. The molecule has 0 fully saturated rings. The lowest BCUT2D eigenvalue weighted by molar-refractivity contribution is -0.125. The van der Waals surface area contributed by atoms with Gasteiger partial charge in [-0.2, -0.15) is 5.10 Å². The highest BCUT2D eigenvalue weighted by molar-refractivity contribution is 9.10. The second-order valence-electron chi connectivity index (χ2n) is 5.65. The average molecular weight is 387 g/mol. The largest absolute Gasteiger partial charge is 0.478 e. The number of amides is 1. The molecular weight excluding hydrogens is 372 g/mol. The Morgan fingerprint density at radius 2 is 1.83 bits per heavy atom. The molecular formula is C18H15BrN2O3. The quantitative estimate of drug-likeness (QED) is 0.846. The van der Waals surface area contributed by atoms with Crippen LogP contribution in [0.1, 0.15) is 27.9 Å². The topological polar surface area (TPSA) is 78.8 Å². The summed E-state index contributed by atoms with van der Waals surface area (Å²) in [6.07, 6.45) is 1.09. The molecule has 2 N–H and O–H groups in total. The van der Waals surface area contributed by atoms with Gasteiger partial charge in [0.15, 0.2) is 0 Å². The van der Waals surface area contributed by atoms with E-state index in [0.717, 1.165) is 21.3 Å². The average Bonchev–Trinajstić information content (AvgIpc) is 2.58. The van der Waals surface area contributed by atoms with Crippen molar-refractivity contribution in [1.82, 2.24) is 5.43 Å². The number of rotatable bonds is 4. The Hall–Kier alpha value is -2.47. The first-order valence-electron chi connectivity index (χ1n) is 7.47. The number of nitrogens with zero attached hydrogens (tertiary/aromatic N) is 1. The van der Waals surface area contributed by atoms with Crippen LogP contribution >= 0.6 is 15.9 Å². The molecule has 1 atom stereocenters. The molecule has 5 nitrogen and oxygen atoms in total. The number of hydrazone groups is 1. The normalized spacial score (nSPS) is 17.1. The zero-order valence-electron chi connectivity index (χ0n) is 12.7. The zero-order chi connectivity index (χ0) is 17.1. The first kappa shape index (κ1) is 16.4. The van der Waals surface area contributed by atoms with Crippen LogP contribution in [0.3, 0.4) is 0 Å². The molecule has 1 heterocycles. The maximum absolute atomic E-state index is 12.1. The van der Waals surface area contributed by atoms with Gasteiger partial charge in [-0.3, -0.25) is 4.79 Å². The molecule has 0 saturated carbocycles. The Morgan fingerprint density at radius 1 is 1.17 bits per heavy atom. The smallest absolute Gasteiger partial charge is 0.335 e. The van der Waals surface area contributed by atoms with E-state index in [1.165, 1.54) is 0 Å². The van der Waals surface area contributed by atoms with Gasteiger partial charge in [-0.25, -0.2) is 10.2 Å². The number of benzene rings is 2. The summed E-state index contributed by atoms with van der Waals surface area (Å²) in [4.78, 5) is 23.0. The standard InChI is InChI=1S/C18H15BrN2O3/c19-15-7-5-12(6-8-15)16-10-14(17(22)21-20-16)9-11-1-3-13(4-2-11)18(23)24/h1-8,14H,9-10H2,(H,21,22)(H,23,24). The molecule has 0 saturated heterocycles. The Balaban J connectivity index is 1.74. The highest BCUT2D eigenvalue weighted by Gasteiger charge is 2.26. The fourth-order valence-corrected chi connectivity index (χ4v) is 2.91. The number of aromatic carboxylic acids is 1. The van der Waals surface area contributed by atoms with Gasteiger partial charge in [0.25, 0.3) is 0 Å². The van der Waals surface area contributed by atoms with Gasteiger partial charge in [-0.15, -0.1) is 0 Å². The number of carboxylic acid groups (broad SMARTS) is 1. The van der Waals surface area contributed by atoms with Crippen molar-refractivity contribution >= 4 is 33.5 Å². The molecule has 122 valence electrons. The molecule has 2 aromatic carbocycles. The first-order chi connectivity index (χ1) is 11.5. The van der Waals surface area contributed by atoms with E-state index in [1.807, 2.05) is 24.3 Å². The van der Waals surface area contributed by atoms with E-state index in [4.69, 9.17) is 5.11 Å². The number of nitrogens with one attached hydrogen (secondary N) is 1. The van der Waals surface area contributed by atoms with E-state index >= 15 is 0 Å². The number of carboxylic acids is 1. The molecule has 3 rings (SSSR count). The lowest BCUT2D eigenvalue weighted by atomic mass is 9.90. The second kappa shape index (κ2) is 6.97. The van der Waals surface area contributed by atoms with Crippen molar-refractivity contribution in [1.29, 1.82) is 0 Å². The summed E-state index contributed by atoms with van der Waals surface area (Å²) in [5, 5.41) is 13.1. The third-order valence-corrected chi connectivity index (χ3v) is 4.50. The molecule has 0 spiro atoms. The van der Waals surface area contributed by atoms with Crippen LogP contribution in [0, 0.1) is 5.92 Å². The molecule has 0 aliphatic carbocycles. The Morgan fingerprint density at radius 3 is 2.46 bits per heavy atom. The van der Waals surface area contributed by atoms with Crippen LogP contribution in [0.5, 0.6) is 0 Å². The maximum Gasteiger partial charge on any atom is 0.335 e. The monoisotopic (exact) mass is 386 g/mol. The predicted octanol–water partition coefficient (Wildman–Crippen LogP) is 3.23. The number of carbonyl (C=O) groups excluding carboxylic acids is 1. The Bertz CT molecular complexity index is 798. The number of carbonyl (C=O) groups is 2. The van der Waals surface area contributed by atoms with Gasteiger partial charge < -0.3 is 5.11 Å². The molecule has 0 aromatic heterocycles. The molecule has 1 amide bonds. The van der Waals surface area contributed by atoms with Crippen molar-refractivity contribution in [2.45, 2.75) is 12.8 Å². The first-order valence-corrected chi connectivity index (χ1v) is 8.27. The van der Waals surface area contributed by atoms with Crippen molar-refractivity contribution in [3.8, 4) is 0 Å². The number of halogens is 1. The Labute approximate surface area is 147 Å². The molecule has 1 unspecified atom stereocenters. The highest BCUT2D eigenvalue weighted by atomic mass is 79.9. The number of hydrogen-bond acceptors (Lipinski definition) is 3. The summed E-state index contributed by atoms with van der Waals surface area (Å²) in [5.41, 5.74) is 5.57. The fourth-order valence-electron chi connectivity index (χ4n) is 2.64. The Kier molecular flexibility index (Phi) is 4.76. The maximum atomic E-state index is 12.1. The third kappa shape index (κ3) is 3.71. The van der Waals surface area contributed by atoms with Crippen LogP contribution in [-0.2, 0) is 11.2 Å². The van der Waals surface area contributed by atoms with Gasteiger partial charge in [-0.05, 0) is 41.8 Å². The van der Waals surface area contributed by atoms with Crippen molar-refractivity contribution in [3.05, 3.63) is 69.7 Å². The molecule has 0 radical (unpaired) electrons. The van der Waals surface area contributed by atoms with Gasteiger partial charge in [0.2, 0.25) is 5.91 Å². The summed E-state index contributed by atoms with van der Waals surface area (Å²) in [5.74, 6) is -1.29. The van der Waals surface area contributed by atoms with Crippen LogP contribution in [-0.4, -0.2) is 22.7 Å². The summed E-state index contributed by atoms with van der Waals surface area (Å²) < 4.78 is 0.988. The van der Waals surface area contributed by atoms with Crippen LogP contribution < -0.4 is 5.43 Å². The summed E-state index contributed by atoms with van der Waals surface area (Å²) >= 11 is 3.40. The fraction of sp³-hybridized carbons (Fsp3) is 0.167. The van der Waals surface area contributed by atoms with E-state index in [-0.39, 0.29) is 17.4 Å². The highest BCUT2D eigenvalue weighted by Crippen LogP contribution is 2.21. The van der Waals surface area contributed by atoms with Gasteiger partial charge in [0.05, 0.1) is 11.3 Å². The lowest BCUT2D eigenvalue weighted by Gasteiger charge is -2.21.